The molecule has 2 aromatic rings. The van der Waals surface area contributed by atoms with Crippen LogP contribution in [0.25, 0.3) is 6.08 Å². The maximum Gasteiger partial charge on any atom is 0.303 e. The number of carboxylic acid groups (broad SMARTS) is 1. The Hall–Kier alpha value is -3.02. The molecule has 0 saturated heterocycles. The van der Waals surface area contributed by atoms with Crippen molar-refractivity contribution in [3.8, 4) is 0 Å². The quantitative estimate of drug-likeness (QED) is 0.493. The predicted molar refractivity (Wildman–Crippen MR) is 110 cm³/mol. The minimum Gasteiger partial charge on any atom is -0.491 e. The van der Waals surface area contributed by atoms with E-state index in [1.54, 1.807) is 0 Å². The highest BCUT2D eigenvalue weighted by atomic mass is 16.5. The first kappa shape index (κ1) is 19.7. The fourth-order valence-corrected chi connectivity index (χ4v) is 3.08. The number of unbranched alkanes of at least 4 members (excludes halogenated alkanes) is 2. The first-order chi connectivity index (χ1) is 13.7. The van der Waals surface area contributed by atoms with Crippen molar-refractivity contribution in [3.63, 3.8) is 0 Å². The van der Waals surface area contributed by atoms with E-state index >= 15 is 0 Å². The second-order valence-electron chi connectivity index (χ2n) is 6.86. The van der Waals surface area contributed by atoms with Gasteiger partial charge in [0.15, 0.2) is 0 Å². The van der Waals surface area contributed by atoms with Gasteiger partial charge in [-0.1, -0.05) is 13.3 Å². The predicted octanol–water partition coefficient (Wildman–Crippen LogP) is 4.68. The van der Waals surface area contributed by atoms with Gasteiger partial charge in [-0.25, -0.2) is 4.99 Å². The van der Waals surface area contributed by atoms with Crippen LogP contribution >= 0.6 is 0 Å². The number of allylic oxidation sites excluding steroid dienone is 1. The van der Waals surface area contributed by atoms with Crippen LogP contribution in [0.5, 0.6) is 0 Å². The van der Waals surface area contributed by atoms with Crippen molar-refractivity contribution >= 4 is 17.8 Å². The summed E-state index contributed by atoms with van der Waals surface area (Å²) in [6.07, 6.45) is 10.6. The maximum absolute atomic E-state index is 10.6. The number of hydrogen-bond acceptors (Lipinski definition) is 3. The first-order valence-corrected chi connectivity index (χ1v) is 9.84. The molecule has 28 heavy (non-hydrogen) atoms. The summed E-state index contributed by atoms with van der Waals surface area (Å²) in [6, 6.07) is 8.06. The highest BCUT2D eigenvalue weighted by Gasteiger charge is 2.18. The summed E-state index contributed by atoms with van der Waals surface area (Å²) < 4.78 is 5.89. The number of aromatic nitrogens is 2. The van der Waals surface area contributed by atoms with Gasteiger partial charge >= 0.3 is 5.97 Å². The number of H-pyrrole nitrogens is 2. The molecule has 0 fully saturated rings. The zero-order chi connectivity index (χ0) is 19.8. The van der Waals surface area contributed by atoms with Crippen LogP contribution in [0.3, 0.4) is 0 Å². The fourth-order valence-electron chi connectivity index (χ4n) is 3.08. The molecule has 0 bridgehead atoms. The summed E-state index contributed by atoms with van der Waals surface area (Å²) in [5.41, 5.74) is 4.78. The maximum atomic E-state index is 10.6. The van der Waals surface area contributed by atoms with Crippen LogP contribution in [0.2, 0.25) is 0 Å². The van der Waals surface area contributed by atoms with Gasteiger partial charge in [-0.15, -0.1) is 0 Å². The number of nitrogens with one attached hydrogen (secondary N) is 2. The van der Waals surface area contributed by atoms with Gasteiger partial charge in [0.1, 0.15) is 11.5 Å². The molecular weight excluding hydrogens is 354 g/mol. The van der Waals surface area contributed by atoms with E-state index in [1.807, 2.05) is 36.5 Å². The topological polar surface area (TPSA) is 90.5 Å². The molecule has 0 unspecified atom stereocenters. The van der Waals surface area contributed by atoms with Crippen molar-refractivity contribution < 1.29 is 14.6 Å². The van der Waals surface area contributed by atoms with E-state index in [1.165, 1.54) is 0 Å². The van der Waals surface area contributed by atoms with Gasteiger partial charge in [-0.05, 0) is 56.0 Å². The van der Waals surface area contributed by atoms with Crippen molar-refractivity contribution in [1.82, 2.24) is 9.97 Å². The smallest absolute Gasteiger partial charge is 0.303 e. The van der Waals surface area contributed by atoms with E-state index < -0.39 is 5.97 Å². The van der Waals surface area contributed by atoms with E-state index in [0.717, 1.165) is 66.4 Å². The molecule has 0 aliphatic carbocycles. The Morgan fingerprint density at radius 2 is 2.14 bits per heavy atom. The van der Waals surface area contributed by atoms with Crippen LogP contribution in [0, 0.1) is 0 Å². The Balaban J connectivity index is 1.65. The lowest BCUT2D eigenvalue weighted by Gasteiger charge is -2.05. The highest BCUT2D eigenvalue weighted by Crippen LogP contribution is 2.25. The molecule has 6 nitrogen and oxygen atoms in total. The number of nitrogens with zero attached hydrogens (tertiary/aromatic N) is 1. The summed E-state index contributed by atoms with van der Waals surface area (Å²) >= 11 is 0. The van der Waals surface area contributed by atoms with Crippen molar-refractivity contribution in [3.05, 3.63) is 65.1 Å². The number of ether oxygens (including phenoxy) is 1. The summed E-state index contributed by atoms with van der Waals surface area (Å²) in [7, 11) is 0. The number of aliphatic carboxylic acids is 1. The Kier molecular flexibility index (Phi) is 6.89. The van der Waals surface area contributed by atoms with Crippen molar-refractivity contribution in [2.45, 2.75) is 45.4 Å². The second kappa shape index (κ2) is 9.78. The number of carboxylic acids is 1. The van der Waals surface area contributed by atoms with E-state index in [2.05, 4.69) is 23.0 Å². The number of aliphatic imine (C=N–C) groups is 1. The normalized spacial score (nSPS) is 15.0. The lowest BCUT2D eigenvalue weighted by Crippen LogP contribution is -1.95. The number of carbonyl (C=O) groups is 1. The van der Waals surface area contributed by atoms with E-state index in [-0.39, 0.29) is 6.42 Å². The number of hydrogen-bond donors (Lipinski definition) is 3. The summed E-state index contributed by atoms with van der Waals surface area (Å²) in [5, 5.41) is 8.68. The van der Waals surface area contributed by atoms with Crippen LogP contribution in [0.15, 0.2) is 53.0 Å². The molecule has 0 amide bonds. The molecule has 2 aromatic heterocycles. The van der Waals surface area contributed by atoms with E-state index in [0.29, 0.717) is 6.61 Å². The fraction of sp³-hybridized carbons (Fsp3) is 0.364. The number of aromatic amines is 2. The lowest BCUT2D eigenvalue weighted by molar-refractivity contribution is -0.137. The molecular formula is C22H27N3O3. The van der Waals surface area contributed by atoms with E-state index in [4.69, 9.17) is 14.8 Å². The number of rotatable bonds is 11. The van der Waals surface area contributed by atoms with Crippen LogP contribution in [0.1, 0.15) is 56.1 Å². The Morgan fingerprint density at radius 1 is 1.25 bits per heavy atom. The molecule has 0 aromatic carbocycles. The molecule has 1 aliphatic rings. The van der Waals surface area contributed by atoms with Gasteiger partial charge in [0, 0.05) is 30.1 Å². The Bertz CT molecular complexity index is 873. The third-order valence-corrected chi connectivity index (χ3v) is 4.49. The molecule has 0 saturated carbocycles. The van der Waals surface area contributed by atoms with Crippen LogP contribution < -0.4 is 0 Å². The Labute approximate surface area is 165 Å². The van der Waals surface area contributed by atoms with Gasteiger partial charge in [-0.2, -0.15) is 0 Å². The molecule has 3 heterocycles. The van der Waals surface area contributed by atoms with Gasteiger partial charge in [0.05, 0.1) is 18.0 Å². The second-order valence-corrected chi connectivity index (χ2v) is 6.86. The lowest BCUT2D eigenvalue weighted by atomic mass is 10.1. The van der Waals surface area contributed by atoms with Gasteiger partial charge in [-0.3, -0.25) is 4.79 Å². The molecule has 3 N–H and O–H groups in total. The van der Waals surface area contributed by atoms with Crippen molar-refractivity contribution in [1.29, 1.82) is 0 Å². The molecule has 1 aliphatic heterocycles. The van der Waals surface area contributed by atoms with Crippen LogP contribution in [-0.2, 0) is 16.0 Å². The molecule has 6 heteroatoms. The third kappa shape index (κ3) is 5.49. The average molecular weight is 381 g/mol. The highest BCUT2D eigenvalue weighted by molar-refractivity contribution is 6.11. The minimum absolute atomic E-state index is 0.246. The number of aryl methyl sites for hydroxylation is 1. The summed E-state index contributed by atoms with van der Waals surface area (Å²) in [4.78, 5) is 21.9. The molecule has 148 valence electrons. The Morgan fingerprint density at radius 3 is 2.89 bits per heavy atom. The SMILES string of the molecule is CCCOC1=CC(c2ccc[nH]2)=NC1=Cc1ccc(CCCCCC(=O)O)[nH]1. The third-order valence-electron chi connectivity index (χ3n) is 4.49. The summed E-state index contributed by atoms with van der Waals surface area (Å²) in [5.74, 6) is 0.0649. The van der Waals surface area contributed by atoms with Crippen molar-refractivity contribution in [2.75, 3.05) is 6.61 Å². The monoisotopic (exact) mass is 381 g/mol. The standard InChI is InChI=1S/C22H27N3O3/c1-2-13-28-21-15-19(18-8-6-12-23-18)25-20(21)14-17-11-10-16(24-17)7-4-3-5-9-22(26)27/h6,8,10-12,14-15,23-24H,2-5,7,9,13H2,1H3,(H,26,27). The zero-order valence-corrected chi connectivity index (χ0v) is 16.2. The zero-order valence-electron chi connectivity index (χ0n) is 16.2. The summed E-state index contributed by atoms with van der Waals surface area (Å²) in [6.45, 7) is 2.74. The van der Waals surface area contributed by atoms with Crippen LogP contribution in [-0.4, -0.2) is 33.4 Å². The largest absolute Gasteiger partial charge is 0.491 e. The van der Waals surface area contributed by atoms with Gasteiger partial charge in [0.25, 0.3) is 0 Å². The molecule has 0 radical (unpaired) electrons. The van der Waals surface area contributed by atoms with Crippen molar-refractivity contribution in [2.24, 2.45) is 4.99 Å². The minimum atomic E-state index is -0.723. The average Bonchev–Trinajstić information content (AvgIpc) is 3.41. The van der Waals surface area contributed by atoms with E-state index in [9.17, 15) is 4.79 Å². The van der Waals surface area contributed by atoms with Gasteiger partial charge in [0.2, 0.25) is 0 Å². The molecule has 0 atom stereocenters. The molecule has 3 rings (SSSR count). The van der Waals surface area contributed by atoms with Crippen LogP contribution in [0.4, 0.5) is 0 Å². The molecule has 0 spiro atoms. The van der Waals surface area contributed by atoms with Gasteiger partial charge < -0.3 is 19.8 Å². The first-order valence-electron chi connectivity index (χ1n) is 9.84.